The molecule has 1 unspecified atom stereocenters. The second kappa shape index (κ2) is 7.76. The lowest BCUT2D eigenvalue weighted by molar-refractivity contribution is -0.124. The molecule has 1 aliphatic rings. The normalized spacial score (nSPS) is 16.3. The summed E-state index contributed by atoms with van der Waals surface area (Å²) in [5.41, 5.74) is 2.21. The lowest BCUT2D eigenvalue weighted by Crippen LogP contribution is -2.26. The van der Waals surface area contributed by atoms with E-state index < -0.39 is 0 Å². The van der Waals surface area contributed by atoms with Crippen LogP contribution in [0, 0.1) is 0 Å². The van der Waals surface area contributed by atoms with Crippen molar-refractivity contribution in [1.82, 2.24) is 4.98 Å². The molecule has 1 aromatic heterocycles. The molecule has 3 N–H and O–H groups in total. The van der Waals surface area contributed by atoms with Gasteiger partial charge in [0.2, 0.25) is 5.91 Å². The zero-order valence-electron chi connectivity index (χ0n) is 13.9. The van der Waals surface area contributed by atoms with E-state index in [0.717, 1.165) is 24.2 Å². The third-order valence-corrected chi connectivity index (χ3v) is 3.73. The molecule has 7 heteroatoms. The Balaban J connectivity index is 1.56. The Morgan fingerprint density at radius 2 is 1.76 bits per heavy atom. The maximum Gasteiger partial charge on any atom is 0.253 e. The van der Waals surface area contributed by atoms with Gasteiger partial charge >= 0.3 is 0 Å². The van der Waals surface area contributed by atoms with E-state index >= 15 is 0 Å². The first-order chi connectivity index (χ1) is 12.1. The molecule has 0 aliphatic carbocycles. The summed E-state index contributed by atoms with van der Waals surface area (Å²) < 4.78 is 5.35. The van der Waals surface area contributed by atoms with Crippen LogP contribution in [0.15, 0.2) is 42.6 Å². The quantitative estimate of drug-likeness (QED) is 0.778. The summed E-state index contributed by atoms with van der Waals surface area (Å²) in [6.45, 7) is 2.11. The van der Waals surface area contributed by atoms with Crippen LogP contribution in [0.3, 0.4) is 0 Å². The highest BCUT2D eigenvalue weighted by Crippen LogP contribution is 2.19. The van der Waals surface area contributed by atoms with Crippen LogP contribution >= 0.6 is 0 Å². The first kappa shape index (κ1) is 16.9. The topological polar surface area (TPSA) is 92.4 Å². The van der Waals surface area contributed by atoms with E-state index in [2.05, 4.69) is 20.9 Å². The van der Waals surface area contributed by atoms with E-state index in [4.69, 9.17) is 4.74 Å². The van der Waals surface area contributed by atoms with E-state index in [0.29, 0.717) is 18.1 Å². The van der Waals surface area contributed by atoms with E-state index in [1.807, 2.05) is 12.1 Å². The summed E-state index contributed by atoms with van der Waals surface area (Å²) in [6, 6.07) is 10.9. The highest BCUT2D eigenvalue weighted by molar-refractivity contribution is 5.94. The van der Waals surface area contributed by atoms with Gasteiger partial charge in [0.1, 0.15) is 11.9 Å². The van der Waals surface area contributed by atoms with E-state index in [1.165, 1.54) is 6.92 Å². The summed E-state index contributed by atoms with van der Waals surface area (Å²) >= 11 is 0. The van der Waals surface area contributed by atoms with Crippen molar-refractivity contribution in [2.75, 3.05) is 22.6 Å². The molecular formula is C18H20N4O3. The first-order valence-electron chi connectivity index (χ1n) is 8.13. The Hall–Kier alpha value is -2.93. The minimum atomic E-state index is -0.361. The van der Waals surface area contributed by atoms with Gasteiger partial charge in [-0.1, -0.05) is 0 Å². The largest absolute Gasteiger partial charge is 0.368 e. The number of hydrogen-bond donors (Lipinski definition) is 3. The van der Waals surface area contributed by atoms with Gasteiger partial charge in [-0.15, -0.1) is 0 Å². The number of ether oxygens (including phenoxy) is 1. The van der Waals surface area contributed by atoms with Gasteiger partial charge in [0.05, 0.1) is 11.9 Å². The molecule has 2 amide bonds. The smallest absolute Gasteiger partial charge is 0.253 e. The molecule has 2 heterocycles. The minimum Gasteiger partial charge on any atom is -0.368 e. The number of anilines is 4. The SMILES string of the molecule is CC(=O)Nc1ccc(Nc2ccc(NC(=O)C3CCCO3)cn2)cc1. The minimum absolute atomic E-state index is 0.108. The Bertz CT molecular complexity index is 738. The fraction of sp³-hybridized carbons (Fsp3) is 0.278. The number of nitrogens with zero attached hydrogens (tertiary/aromatic N) is 1. The number of aromatic nitrogens is 1. The van der Waals surface area contributed by atoms with Crippen molar-refractivity contribution in [2.45, 2.75) is 25.9 Å². The Labute approximate surface area is 145 Å². The molecular weight excluding hydrogens is 320 g/mol. The second-order valence-electron chi connectivity index (χ2n) is 5.81. The molecule has 1 fully saturated rings. The highest BCUT2D eigenvalue weighted by atomic mass is 16.5. The van der Waals surface area contributed by atoms with Gasteiger partial charge in [0, 0.05) is 24.9 Å². The molecule has 1 aromatic carbocycles. The Morgan fingerprint density at radius 3 is 2.36 bits per heavy atom. The van der Waals surface area contributed by atoms with Gasteiger partial charge in [0.25, 0.3) is 5.91 Å². The summed E-state index contributed by atoms with van der Waals surface area (Å²) in [5.74, 6) is 0.416. The van der Waals surface area contributed by atoms with Crippen LogP contribution in [-0.2, 0) is 14.3 Å². The third-order valence-electron chi connectivity index (χ3n) is 3.73. The van der Waals surface area contributed by atoms with Crippen molar-refractivity contribution < 1.29 is 14.3 Å². The molecule has 0 spiro atoms. The van der Waals surface area contributed by atoms with Gasteiger partial charge in [0.15, 0.2) is 0 Å². The van der Waals surface area contributed by atoms with Crippen LogP contribution in [0.4, 0.5) is 22.9 Å². The zero-order chi connectivity index (χ0) is 17.6. The number of rotatable bonds is 5. The third kappa shape index (κ3) is 4.77. The number of carbonyl (C=O) groups is 2. The van der Waals surface area contributed by atoms with Gasteiger partial charge in [-0.25, -0.2) is 4.98 Å². The molecule has 25 heavy (non-hydrogen) atoms. The summed E-state index contributed by atoms with van der Waals surface area (Å²) in [7, 11) is 0. The number of pyridine rings is 1. The summed E-state index contributed by atoms with van der Waals surface area (Å²) in [5, 5.41) is 8.68. The zero-order valence-corrected chi connectivity index (χ0v) is 13.9. The molecule has 0 radical (unpaired) electrons. The van der Waals surface area contributed by atoms with Gasteiger partial charge in [-0.3, -0.25) is 9.59 Å². The van der Waals surface area contributed by atoms with Crippen molar-refractivity contribution in [3.63, 3.8) is 0 Å². The Kier molecular flexibility index (Phi) is 5.25. The van der Waals surface area contributed by atoms with Crippen LogP contribution in [0.25, 0.3) is 0 Å². The standard InChI is InChI=1S/C18H20N4O3/c1-12(23)20-13-4-6-14(7-5-13)21-17-9-8-15(11-19-17)22-18(24)16-3-2-10-25-16/h4-9,11,16H,2-3,10H2,1H3,(H,19,21)(H,20,23)(H,22,24). The van der Waals surface area contributed by atoms with Crippen LogP contribution in [-0.4, -0.2) is 29.5 Å². The average molecular weight is 340 g/mol. The predicted molar refractivity (Wildman–Crippen MR) is 95.9 cm³/mol. The number of benzene rings is 1. The van der Waals surface area contributed by atoms with Crippen LogP contribution in [0.1, 0.15) is 19.8 Å². The second-order valence-corrected chi connectivity index (χ2v) is 5.81. The number of amides is 2. The summed E-state index contributed by atoms with van der Waals surface area (Å²) in [4.78, 5) is 27.3. The van der Waals surface area contributed by atoms with Crippen molar-refractivity contribution in [1.29, 1.82) is 0 Å². The fourth-order valence-corrected chi connectivity index (χ4v) is 2.54. The molecule has 7 nitrogen and oxygen atoms in total. The molecule has 130 valence electrons. The molecule has 2 aromatic rings. The first-order valence-corrected chi connectivity index (χ1v) is 8.13. The monoisotopic (exact) mass is 340 g/mol. The van der Waals surface area contributed by atoms with Crippen LogP contribution in [0.5, 0.6) is 0 Å². The maximum absolute atomic E-state index is 12.0. The van der Waals surface area contributed by atoms with Crippen molar-refractivity contribution >= 4 is 34.7 Å². The van der Waals surface area contributed by atoms with E-state index in [1.54, 1.807) is 30.5 Å². The lowest BCUT2D eigenvalue weighted by Gasteiger charge is -2.11. The fourth-order valence-electron chi connectivity index (χ4n) is 2.54. The van der Waals surface area contributed by atoms with Gasteiger partial charge < -0.3 is 20.7 Å². The summed E-state index contributed by atoms with van der Waals surface area (Å²) in [6.07, 6.45) is 2.91. The number of carbonyl (C=O) groups excluding carboxylic acids is 2. The van der Waals surface area contributed by atoms with E-state index in [-0.39, 0.29) is 17.9 Å². The predicted octanol–water partition coefficient (Wildman–Crippen LogP) is 2.90. The Morgan fingerprint density at radius 1 is 1.04 bits per heavy atom. The van der Waals surface area contributed by atoms with Crippen molar-refractivity contribution in [3.8, 4) is 0 Å². The van der Waals surface area contributed by atoms with Crippen LogP contribution < -0.4 is 16.0 Å². The molecule has 0 saturated carbocycles. The lowest BCUT2D eigenvalue weighted by atomic mass is 10.2. The highest BCUT2D eigenvalue weighted by Gasteiger charge is 2.23. The van der Waals surface area contributed by atoms with Crippen molar-refractivity contribution in [3.05, 3.63) is 42.6 Å². The molecule has 1 aliphatic heterocycles. The molecule has 1 atom stereocenters. The number of nitrogens with one attached hydrogen (secondary N) is 3. The number of hydrogen-bond acceptors (Lipinski definition) is 5. The maximum atomic E-state index is 12.0. The molecule has 3 rings (SSSR count). The molecule has 1 saturated heterocycles. The molecule has 0 bridgehead atoms. The van der Waals surface area contributed by atoms with Crippen molar-refractivity contribution in [2.24, 2.45) is 0 Å². The van der Waals surface area contributed by atoms with Gasteiger partial charge in [-0.05, 0) is 49.2 Å². The van der Waals surface area contributed by atoms with E-state index in [9.17, 15) is 9.59 Å². The van der Waals surface area contributed by atoms with Crippen LogP contribution in [0.2, 0.25) is 0 Å². The average Bonchev–Trinajstić information content (AvgIpc) is 3.13. The van der Waals surface area contributed by atoms with Gasteiger partial charge in [-0.2, -0.15) is 0 Å².